The van der Waals surface area contributed by atoms with Crippen LogP contribution in [0.4, 0.5) is 11.4 Å². The van der Waals surface area contributed by atoms with Crippen LogP contribution in [0.2, 0.25) is 0 Å². The third kappa shape index (κ3) is 5.21. The SMILES string of the molecule is COc1cc(NC(=O)c2ccc(-c3ccccc3)cc2N)ccc1OCCN1CCCC1. The number of ether oxygens (including phenoxy) is 2. The highest BCUT2D eigenvalue weighted by molar-refractivity contribution is 6.08. The Morgan fingerprint density at radius 1 is 0.969 bits per heavy atom. The van der Waals surface area contributed by atoms with Crippen molar-refractivity contribution in [3.8, 4) is 22.6 Å². The summed E-state index contributed by atoms with van der Waals surface area (Å²) in [5.74, 6) is 0.972. The lowest BCUT2D eigenvalue weighted by Crippen LogP contribution is -2.25. The standard InChI is InChI=1S/C26H29N3O3/c1-31-25-18-21(10-12-24(25)32-16-15-29-13-5-6-14-29)28-26(30)22-11-9-20(17-23(22)27)19-7-3-2-4-8-19/h2-4,7-12,17-18H,5-6,13-16,27H2,1H3,(H,28,30). The van der Waals surface area contributed by atoms with Crippen molar-refractivity contribution in [3.05, 3.63) is 72.3 Å². The van der Waals surface area contributed by atoms with Crippen molar-refractivity contribution in [1.82, 2.24) is 4.90 Å². The molecule has 0 bridgehead atoms. The number of amides is 1. The molecule has 3 aromatic carbocycles. The van der Waals surface area contributed by atoms with Gasteiger partial charge in [-0.25, -0.2) is 0 Å². The van der Waals surface area contributed by atoms with Crippen LogP contribution in [0.15, 0.2) is 66.7 Å². The smallest absolute Gasteiger partial charge is 0.257 e. The van der Waals surface area contributed by atoms with Gasteiger partial charge < -0.3 is 20.5 Å². The minimum atomic E-state index is -0.271. The first-order chi connectivity index (χ1) is 15.6. The fraction of sp³-hybridized carbons (Fsp3) is 0.269. The summed E-state index contributed by atoms with van der Waals surface area (Å²) in [4.78, 5) is 15.2. The molecule has 0 aliphatic carbocycles. The van der Waals surface area contributed by atoms with Gasteiger partial charge in [-0.15, -0.1) is 0 Å². The first-order valence-corrected chi connectivity index (χ1v) is 10.9. The van der Waals surface area contributed by atoms with Crippen molar-refractivity contribution in [2.75, 3.05) is 44.4 Å². The van der Waals surface area contributed by atoms with E-state index in [1.165, 1.54) is 12.8 Å². The molecule has 0 aromatic heterocycles. The second kappa shape index (κ2) is 10.2. The normalized spacial score (nSPS) is 13.7. The number of likely N-dealkylation sites (tertiary alicyclic amines) is 1. The molecule has 166 valence electrons. The van der Waals surface area contributed by atoms with E-state index in [0.29, 0.717) is 35.0 Å². The number of carbonyl (C=O) groups excluding carboxylic acids is 1. The van der Waals surface area contributed by atoms with E-state index in [1.807, 2.05) is 48.5 Å². The van der Waals surface area contributed by atoms with Crippen LogP contribution in [0.3, 0.4) is 0 Å². The first-order valence-electron chi connectivity index (χ1n) is 10.9. The number of methoxy groups -OCH3 is 1. The van der Waals surface area contributed by atoms with Gasteiger partial charge in [0.25, 0.3) is 5.91 Å². The molecule has 0 unspecified atom stereocenters. The molecule has 6 nitrogen and oxygen atoms in total. The first kappa shape index (κ1) is 21.7. The average molecular weight is 432 g/mol. The van der Waals surface area contributed by atoms with Crippen LogP contribution in [0.1, 0.15) is 23.2 Å². The third-order valence-corrected chi connectivity index (χ3v) is 5.69. The number of nitrogens with zero attached hydrogens (tertiary/aromatic N) is 1. The predicted molar refractivity (Wildman–Crippen MR) is 128 cm³/mol. The summed E-state index contributed by atoms with van der Waals surface area (Å²) in [5, 5.41) is 2.90. The van der Waals surface area contributed by atoms with E-state index in [-0.39, 0.29) is 5.91 Å². The Bertz CT molecular complexity index is 1060. The monoisotopic (exact) mass is 431 g/mol. The predicted octanol–water partition coefficient (Wildman–Crippen LogP) is 4.67. The van der Waals surface area contributed by atoms with Gasteiger partial charge >= 0.3 is 0 Å². The number of anilines is 2. The third-order valence-electron chi connectivity index (χ3n) is 5.69. The lowest BCUT2D eigenvalue weighted by atomic mass is 10.0. The van der Waals surface area contributed by atoms with Gasteiger partial charge in [0.05, 0.1) is 12.7 Å². The Hall–Kier alpha value is -3.51. The summed E-state index contributed by atoms with van der Waals surface area (Å²) >= 11 is 0. The molecule has 0 radical (unpaired) electrons. The van der Waals surface area contributed by atoms with Gasteiger partial charge in [0, 0.05) is 24.0 Å². The van der Waals surface area contributed by atoms with Crippen LogP contribution in [-0.4, -0.2) is 44.2 Å². The Morgan fingerprint density at radius 2 is 1.75 bits per heavy atom. The van der Waals surface area contributed by atoms with Crippen LogP contribution in [-0.2, 0) is 0 Å². The summed E-state index contributed by atoms with van der Waals surface area (Å²) in [7, 11) is 1.59. The van der Waals surface area contributed by atoms with Crippen LogP contribution in [0.25, 0.3) is 11.1 Å². The molecule has 1 fully saturated rings. The molecule has 0 atom stereocenters. The Labute approximate surface area is 188 Å². The van der Waals surface area contributed by atoms with Gasteiger partial charge in [-0.2, -0.15) is 0 Å². The highest BCUT2D eigenvalue weighted by Gasteiger charge is 2.14. The zero-order valence-corrected chi connectivity index (χ0v) is 18.3. The second-order valence-corrected chi connectivity index (χ2v) is 7.89. The lowest BCUT2D eigenvalue weighted by Gasteiger charge is -2.17. The van der Waals surface area contributed by atoms with Gasteiger partial charge in [-0.1, -0.05) is 36.4 Å². The van der Waals surface area contributed by atoms with E-state index in [9.17, 15) is 4.79 Å². The highest BCUT2D eigenvalue weighted by atomic mass is 16.5. The lowest BCUT2D eigenvalue weighted by molar-refractivity contribution is 0.102. The maximum atomic E-state index is 12.8. The Balaban J connectivity index is 1.41. The van der Waals surface area contributed by atoms with E-state index in [2.05, 4.69) is 10.2 Å². The summed E-state index contributed by atoms with van der Waals surface area (Å²) < 4.78 is 11.4. The Morgan fingerprint density at radius 3 is 2.47 bits per heavy atom. The topological polar surface area (TPSA) is 76.8 Å². The number of rotatable bonds is 8. The molecule has 0 spiro atoms. The van der Waals surface area contributed by atoms with Crippen molar-refractivity contribution in [2.24, 2.45) is 0 Å². The molecule has 1 amide bonds. The molecule has 1 aliphatic heterocycles. The zero-order valence-electron chi connectivity index (χ0n) is 18.3. The van der Waals surface area contributed by atoms with Crippen LogP contribution in [0.5, 0.6) is 11.5 Å². The summed E-state index contributed by atoms with van der Waals surface area (Å²) in [6.45, 7) is 3.79. The number of nitrogens with two attached hydrogens (primary N) is 1. The molecule has 1 saturated heterocycles. The van der Waals surface area contributed by atoms with Crippen LogP contribution >= 0.6 is 0 Å². The molecular formula is C26H29N3O3. The van der Waals surface area contributed by atoms with Gasteiger partial charge in [0.15, 0.2) is 11.5 Å². The largest absolute Gasteiger partial charge is 0.493 e. The average Bonchev–Trinajstić information content (AvgIpc) is 3.34. The van der Waals surface area contributed by atoms with Gasteiger partial charge in [0.1, 0.15) is 6.61 Å². The summed E-state index contributed by atoms with van der Waals surface area (Å²) in [6, 6.07) is 20.8. The number of benzene rings is 3. The van der Waals surface area contributed by atoms with Crippen molar-refractivity contribution >= 4 is 17.3 Å². The molecule has 6 heteroatoms. The minimum Gasteiger partial charge on any atom is -0.493 e. The van der Waals surface area contributed by atoms with E-state index in [0.717, 1.165) is 30.8 Å². The maximum Gasteiger partial charge on any atom is 0.257 e. The van der Waals surface area contributed by atoms with Crippen LogP contribution in [0, 0.1) is 0 Å². The van der Waals surface area contributed by atoms with Gasteiger partial charge in [-0.3, -0.25) is 9.69 Å². The van der Waals surface area contributed by atoms with E-state index in [1.54, 1.807) is 25.3 Å². The molecule has 1 heterocycles. The number of nitrogens with one attached hydrogen (secondary N) is 1. The van der Waals surface area contributed by atoms with Gasteiger partial charge in [0.2, 0.25) is 0 Å². The quantitative estimate of drug-likeness (QED) is 0.507. The molecule has 1 aliphatic rings. The van der Waals surface area contributed by atoms with Crippen molar-refractivity contribution < 1.29 is 14.3 Å². The number of hydrogen-bond acceptors (Lipinski definition) is 5. The van der Waals surface area contributed by atoms with Crippen molar-refractivity contribution in [2.45, 2.75) is 12.8 Å². The van der Waals surface area contributed by atoms with Crippen molar-refractivity contribution in [1.29, 1.82) is 0 Å². The summed E-state index contributed by atoms with van der Waals surface area (Å²) in [5.41, 5.74) is 9.68. The van der Waals surface area contributed by atoms with E-state index >= 15 is 0 Å². The molecule has 4 rings (SSSR count). The van der Waals surface area contributed by atoms with Gasteiger partial charge in [-0.05, 0) is 61.3 Å². The molecular weight excluding hydrogens is 402 g/mol. The molecule has 32 heavy (non-hydrogen) atoms. The molecule has 3 N–H and O–H groups in total. The minimum absolute atomic E-state index is 0.271. The second-order valence-electron chi connectivity index (χ2n) is 7.89. The number of hydrogen-bond donors (Lipinski definition) is 2. The highest BCUT2D eigenvalue weighted by Crippen LogP contribution is 2.31. The summed E-state index contributed by atoms with van der Waals surface area (Å²) in [6.07, 6.45) is 2.52. The number of carbonyl (C=O) groups is 1. The van der Waals surface area contributed by atoms with Crippen LogP contribution < -0.4 is 20.5 Å². The molecule has 0 saturated carbocycles. The Kier molecular flexibility index (Phi) is 6.92. The fourth-order valence-corrected chi connectivity index (χ4v) is 3.93. The zero-order chi connectivity index (χ0) is 22.3. The van der Waals surface area contributed by atoms with E-state index < -0.39 is 0 Å². The number of nitrogen functional groups attached to an aromatic ring is 1. The maximum absolute atomic E-state index is 12.8. The fourth-order valence-electron chi connectivity index (χ4n) is 3.93. The molecule has 3 aromatic rings. The van der Waals surface area contributed by atoms with E-state index in [4.69, 9.17) is 15.2 Å². The van der Waals surface area contributed by atoms with Crippen molar-refractivity contribution in [3.63, 3.8) is 0 Å².